The summed E-state index contributed by atoms with van der Waals surface area (Å²) in [6.45, 7) is 6.37. The van der Waals surface area contributed by atoms with Crippen LogP contribution in [-0.4, -0.2) is 6.10 Å². The fourth-order valence-corrected chi connectivity index (χ4v) is 1.80. The van der Waals surface area contributed by atoms with Crippen molar-refractivity contribution in [3.63, 3.8) is 0 Å². The number of benzene rings is 1. The number of ether oxygens (including phenoxy) is 1. The SMILES string of the molecule is CCCCCCc1cccc(OC(C)C)c1. The van der Waals surface area contributed by atoms with Crippen LogP contribution in [0, 0.1) is 0 Å². The third-order valence-electron chi connectivity index (χ3n) is 2.59. The second-order valence-corrected chi connectivity index (χ2v) is 4.62. The number of aryl methyl sites for hydroxylation is 1. The molecule has 0 aliphatic heterocycles. The topological polar surface area (TPSA) is 9.23 Å². The van der Waals surface area contributed by atoms with Crippen LogP contribution >= 0.6 is 0 Å². The van der Waals surface area contributed by atoms with Gasteiger partial charge in [0.05, 0.1) is 6.10 Å². The van der Waals surface area contributed by atoms with Gasteiger partial charge < -0.3 is 4.74 Å². The Labute approximate surface area is 99.8 Å². The fourth-order valence-electron chi connectivity index (χ4n) is 1.80. The van der Waals surface area contributed by atoms with Crippen LogP contribution in [0.5, 0.6) is 5.75 Å². The summed E-state index contributed by atoms with van der Waals surface area (Å²) < 4.78 is 5.68. The van der Waals surface area contributed by atoms with Gasteiger partial charge in [0.2, 0.25) is 0 Å². The van der Waals surface area contributed by atoms with E-state index < -0.39 is 0 Å². The second kappa shape index (κ2) is 7.32. The molecule has 0 saturated carbocycles. The summed E-state index contributed by atoms with van der Waals surface area (Å²) in [5.74, 6) is 1.00. The lowest BCUT2D eigenvalue weighted by atomic mass is 10.1. The van der Waals surface area contributed by atoms with Gasteiger partial charge in [0.1, 0.15) is 5.75 Å². The zero-order valence-electron chi connectivity index (χ0n) is 10.8. The zero-order valence-corrected chi connectivity index (χ0v) is 10.8. The molecular formula is C15H24O. The molecule has 0 saturated heterocycles. The summed E-state index contributed by atoms with van der Waals surface area (Å²) in [5, 5.41) is 0. The average molecular weight is 220 g/mol. The largest absolute Gasteiger partial charge is 0.491 e. The van der Waals surface area contributed by atoms with Gasteiger partial charge in [0, 0.05) is 0 Å². The predicted octanol–water partition coefficient (Wildman–Crippen LogP) is 4.60. The molecule has 0 spiro atoms. The van der Waals surface area contributed by atoms with E-state index in [1.54, 1.807) is 0 Å². The van der Waals surface area contributed by atoms with Crippen molar-refractivity contribution in [1.82, 2.24) is 0 Å². The molecule has 0 bridgehead atoms. The lowest BCUT2D eigenvalue weighted by molar-refractivity contribution is 0.242. The molecular weight excluding hydrogens is 196 g/mol. The van der Waals surface area contributed by atoms with Crippen LogP contribution in [0.25, 0.3) is 0 Å². The molecule has 0 aliphatic carbocycles. The molecule has 0 N–H and O–H groups in total. The molecule has 1 nitrogen and oxygen atoms in total. The third-order valence-corrected chi connectivity index (χ3v) is 2.59. The van der Waals surface area contributed by atoms with Crippen molar-refractivity contribution in [2.45, 2.75) is 59.0 Å². The van der Waals surface area contributed by atoms with Gasteiger partial charge >= 0.3 is 0 Å². The van der Waals surface area contributed by atoms with E-state index in [1.165, 1.54) is 37.7 Å². The highest BCUT2D eigenvalue weighted by atomic mass is 16.5. The van der Waals surface area contributed by atoms with Gasteiger partial charge in [0.25, 0.3) is 0 Å². The monoisotopic (exact) mass is 220 g/mol. The highest BCUT2D eigenvalue weighted by Crippen LogP contribution is 2.16. The summed E-state index contributed by atoms with van der Waals surface area (Å²) in [4.78, 5) is 0. The van der Waals surface area contributed by atoms with Crippen molar-refractivity contribution >= 4 is 0 Å². The summed E-state index contributed by atoms with van der Waals surface area (Å²) in [7, 11) is 0. The molecule has 1 heteroatoms. The molecule has 0 heterocycles. The van der Waals surface area contributed by atoms with Gasteiger partial charge in [0.15, 0.2) is 0 Å². The first kappa shape index (κ1) is 13.1. The van der Waals surface area contributed by atoms with E-state index in [-0.39, 0.29) is 6.10 Å². The minimum atomic E-state index is 0.260. The van der Waals surface area contributed by atoms with E-state index in [0.29, 0.717) is 0 Å². The summed E-state index contributed by atoms with van der Waals surface area (Å²) in [6.07, 6.45) is 6.72. The van der Waals surface area contributed by atoms with Crippen LogP contribution in [0.15, 0.2) is 24.3 Å². The number of hydrogen-bond donors (Lipinski definition) is 0. The Morgan fingerprint density at radius 3 is 2.62 bits per heavy atom. The molecule has 0 amide bonds. The molecule has 0 aliphatic rings. The molecule has 0 fully saturated rings. The van der Waals surface area contributed by atoms with Crippen LogP contribution < -0.4 is 4.74 Å². The Morgan fingerprint density at radius 2 is 1.94 bits per heavy atom. The van der Waals surface area contributed by atoms with E-state index in [2.05, 4.69) is 39.0 Å². The average Bonchev–Trinajstić information content (AvgIpc) is 2.24. The molecule has 0 atom stereocenters. The van der Waals surface area contributed by atoms with Crippen LogP contribution in [0.1, 0.15) is 52.0 Å². The van der Waals surface area contributed by atoms with Crippen molar-refractivity contribution < 1.29 is 4.74 Å². The minimum absolute atomic E-state index is 0.260. The van der Waals surface area contributed by atoms with E-state index in [4.69, 9.17) is 4.74 Å². The van der Waals surface area contributed by atoms with E-state index in [0.717, 1.165) is 5.75 Å². The summed E-state index contributed by atoms with van der Waals surface area (Å²) >= 11 is 0. The first-order chi connectivity index (χ1) is 7.72. The van der Waals surface area contributed by atoms with E-state index in [9.17, 15) is 0 Å². The number of hydrogen-bond acceptors (Lipinski definition) is 1. The lowest BCUT2D eigenvalue weighted by Gasteiger charge is -2.10. The Kier molecular flexibility index (Phi) is 5.99. The standard InChI is InChI=1S/C15H24O/c1-4-5-6-7-9-14-10-8-11-15(12-14)16-13(2)3/h8,10-13H,4-7,9H2,1-3H3. The molecule has 1 aromatic carbocycles. The number of rotatable bonds is 7. The molecule has 1 rings (SSSR count). The maximum absolute atomic E-state index is 5.68. The Balaban J connectivity index is 2.41. The van der Waals surface area contributed by atoms with Crippen molar-refractivity contribution in [2.24, 2.45) is 0 Å². The second-order valence-electron chi connectivity index (χ2n) is 4.62. The first-order valence-corrected chi connectivity index (χ1v) is 6.48. The summed E-state index contributed by atoms with van der Waals surface area (Å²) in [5.41, 5.74) is 1.40. The van der Waals surface area contributed by atoms with Crippen LogP contribution in [0.2, 0.25) is 0 Å². The predicted molar refractivity (Wildman–Crippen MR) is 70.1 cm³/mol. The minimum Gasteiger partial charge on any atom is -0.491 e. The fraction of sp³-hybridized carbons (Fsp3) is 0.600. The van der Waals surface area contributed by atoms with Gasteiger partial charge in [-0.05, 0) is 44.4 Å². The van der Waals surface area contributed by atoms with Crippen molar-refractivity contribution in [2.75, 3.05) is 0 Å². The zero-order chi connectivity index (χ0) is 11.8. The van der Waals surface area contributed by atoms with Crippen molar-refractivity contribution in [1.29, 1.82) is 0 Å². The van der Waals surface area contributed by atoms with Gasteiger partial charge in [-0.15, -0.1) is 0 Å². The van der Waals surface area contributed by atoms with E-state index >= 15 is 0 Å². The summed E-state index contributed by atoms with van der Waals surface area (Å²) in [6, 6.07) is 8.49. The van der Waals surface area contributed by atoms with Crippen LogP contribution in [-0.2, 0) is 6.42 Å². The Bertz CT molecular complexity index is 291. The lowest BCUT2D eigenvalue weighted by Crippen LogP contribution is -2.05. The van der Waals surface area contributed by atoms with Crippen LogP contribution in [0.3, 0.4) is 0 Å². The van der Waals surface area contributed by atoms with Crippen molar-refractivity contribution in [3.05, 3.63) is 29.8 Å². The maximum atomic E-state index is 5.68. The first-order valence-electron chi connectivity index (χ1n) is 6.48. The normalized spacial score (nSPS) is 10.8. The van der Waals surface area contributed by atoms with Gasteiger partial charge in [-0.1, -0.05) is 38.3 Å². The highest BCUT2D eigenvalue weighted by Gasteiger charge is 1.99. The van der Waals surface area contributed by atoms with Gasteiger partial charge in [-0.2, -0.15) is 0 Å². The Morgan fingerprint density at radius 1 is 1.12 bits per heavy atom. The van der Waals surface area contributed by atoms with Gasteiger partial charge in [-0.3, -0.25) is 0 Å². The molecule has 0 aromatic heterocycles. The maximum Gasteiger partial charge on any atom is 0.119 e. The quantitative estimate of drug-likeness (QED) is 0.610. The molecule has 0 unspecified atom stereocenters. The van der Waals surface area contributed by atoms with Gasteiger partial charge in [-0.25, -0.2) is 0 Å². The molecule has 1 aromatic rings. The molecule has 0 radical (unpaired) electrons. The molecule has 90 valence electrons. The Hall–Kier alpha value is -0.980. The van der Waals surface area contributed by atoms with Crippen LogP contribution in [0.4, 0.5) is 0 Å². The molecule has 16 heavy (non-hydrogen) atoms. The third kappa shape index (κ3) is 5.20. The smallest absolute Gasteiger partial charge is 0.119 e. The number of unbranched alkanes of at least 4 members (excludes halogenated alkanes) is 3. The van der Waals surface area contributed by atoms with Crippen molar-refractivity contribution in [3.8, 4) is 5.75 Å². The van der Waals surface area contributed by atoms with E-state index in [1.807, 2.05) is 6.07 Å². The highest BCUT2D eigenvalue weighted by molar-refractivity contribution is 5.28.